The number of benzene rings is 1. The summed E-state index contributed by atoms with van der Waals surface area (Å²) in [6, 6.07) is 10.1. The van der Waals surface area contributed by atoms with E-state index in [0.717, 1.165) is 50.8 Å². The number of carbonyl (C=O) groups is 1. The molecule has 1 saturated carbocycles. The number of hydrogen-bond donors (Lipinski definition) is 1. The minimum Gasteiger partial charge on any atom is -0.481 e. The van der Waals surface area contributed by atoms with Gasteiger partial charge < -0.3 is 19.3 Å². The Balaban J connectivity index is 1.26. The molecule has 1 aliphatic heterocycles. The van der Waals surface area contributed by atoms with Gasteiger partial charge in [-0.15, -0.1) is 0 Å². The minimum atomic E-state index is -0.658. The van der Waals surface area contributed by atoms with Crippen LogP contribution in [0.1, 0.15) is 56.2 Å². The van der Waals surface area contributed by atoms with Crippen LogP contribution in [0, 0.1) is 16.7 Å². The molecule has 1 spiro atoms. The number of fused-ring (bicyclic) bond motifs is 2. The van der Waals surface area contributed by atoms with Gasteiger partial charge in [-0.05, 0) is 69.7 Å². The van der Waals surface area contributed by atoms with Crippen LogP contribution < -0.4 is 4.74 Å². The molecule has 6 rings (SSSR count). The van der Waals surface area contributed by atoms with Gasteiger partial charge in [0.05, 0.1) is 17.1 Å². The van der Waals surface area contributed by atoms with Gasteiger partial charge in [0.15, 0.2) is 0 Å². The predicted molar refractivity (Wildman–Crippen MR) is 134 cm³/mol. The number of ether oxygens (including phenoxy) is 1. The number of aromatic nitrogens is 3. The Bertz CT molecular complexity index is 1420. The van der Waals surface area contributed by atoms with Gasteiger partial charge in [0, 0.05) is 30.3 Å². The first kappa shape index (κ1) is 23.6. The van der Waals surface area contributed by atoms with Crippen molar-refractivity contribution in [3.63, 3.8) is 0 Å². The lowest BCUT2D eigenvalue weighted by atomic mass is 9.81. The van der Waals surface area contributed by atoms with Crippen molar-refractivity contribution in [1.82, 2.24) is 20.0 Å². The van der Waals surface area contributed by atoms with Crippen LogP contribution in [0.25, 0.3) is 22.8 Å². The topological polar surface area (TPSA) is 125 Å². The van der Waals surface area contributed by atoms with Crippen molar-refractivity contribution in [2.45, 2.75) is 57.5 Å². The highest BCUT2D eigenvalue weighted by molar-refractivity contribution is 5.78. The molecule has 1 unspecified atom stereocenters. The van der Waals surface area contributed by atoms with E-state index >= 15 is 0 Å². The second kappa shape index (κ2) is 8.67. The van der Waals surface area contributed by atoms with E-state index in [1.54, 1.807) is 12.3 Å². The van der Waals surface area contributed by atoms with Gasteiger partial charge in [-0.3, -0.25) is 4.79 Å². The van der Waals surface area contributed by atoms with Crippen LogP contribution in [-0.2, 0) is 16.6 Å². The van der Waals surface area contributed by atoms with Crippen molar-refractivity contribution in [2.75, 3.05) is 19.6 Å². The predicted octanol–water partition coefficient (Wildman–Crippen LogP) is 4.21. The van der Waals surface area contributed by atoms with Crippen LogP contribution in [0.5, 0.6) is 5.88 Å². The highest BCUT2D eigenvalue weighted by atomic mass is 16.5. The van der Waals surface area contributed by atoms with Gasteiger partial charge in [0.2, 0.25) is 11.7 Å². The van der Waals surface area contributed by atoms with Crippen molar-refractivity contribution in [3.05, 3.63) is 47.2 Å². The van der Waals surface area contributed by atoms with Gasteiger partial charge in [-0.2, -0.15) is 10.2 Å². The summed E-state index contributed by atoms with van der Waals surface area (Å²) in [5.41, 5.74) is 3.92. The Kier molecular flexibility index (Phi) is 5.53. The molecule has 3 aromatic rings. The average molecular weight is 500 g/mol. The largest absolute Gasteiger partial charge is 0.481 e. The van der Waals surface area contributed by atoms with Crippen LogP contribution in [0.4, 0.5) is 0 Å². The molecular weight excluding hydrogens is 470 g/mol. The van der Waals surface area contributed by atoms with Crippen molar-refractivity contribution in [1.29, 1.82) is 5.26 Å². The maximum atomic E-state index is 11.7. The van der Waals surface area contributed by atoms with E-state index in [1.165, 1.54) is 11.1 Å². The second-order valence-corrected chi connectivity index (χ2v) is 10.9. The monoisotopic (exact) mass is 499 g/mol. The lowest BCUT2D eigenvalue weighted by Crippen LogP contribution is -2.35. The van der Waals surface area contributed by atoms with E-state index in [2.05, 4.69) is 32.2 Å². The summed E-state index contributed by atoms with van der Waals surface area (Å²) in [6.45, 7) is 6.23. The molecule has 2 aromatic heterocycles. The quantitative estimate of drug-likeness (QED) is 0.509. The summed E-state index contributed by atoms with van der Waals surface area (Å²) in [6.07, 6.45) is 6.04. The molecule has 0 radical (unpaired) electrons. The minimum absolute atomic E-state index is 0.0460. The number of carboxylic acids is 1. The zero-order valence-corrected chi connectivity index (χ0v) is 21.0. The fourth-order valence-electron chi connectivity index (χ4n) is 6.01. The molecular formula is C28H29N5O4. The molecule has 1 N–H and O–H groups in total. The number of carboxylic acid groups (broad SMARTS) is 1. The van der Waals surface area contributed by atoms with Gasteiger partial charge >= 0.3 is 5.97 Å². The molecule has 1 atom stereocenters. The molecule has 37 heavy (non-hydrogen) atoms. The van der Waals surface area contributed by atoms with Crippen LogP contribution in [-0.4, -0.2) is 56.8 Å². The number of hydrogen-bond acceptors (Lipinski definition) is 8. The molecule has 190 valence electrons. The molecule has 3 aliphatic rings. The number of likely N-dealkylation sites (tertiary alicyclic amines) is 1. The summed E-state index contributed by atoms with van der Waals surface area (Å²) < 4.78 is 11.2. The highest BCUT2D eigenvalue weighted by Crippen LogP contribution is 2.51. The lowest BCUT2D eigenvalue weighted by molar-refractivity contribution is -0.144. The van der Waals surface area contributed by atoms with E-state index in [-0.39, 0.29) is 17.4 Å². The summed E-state index contributed by atoms with van der Waals surface area (Å²) in [4.78, 5) is 23.0. The Hall–Kier alpha value is -3.77. The van der Waals surface area contributed by atoms with E-state index < -0.39 is 11.4 Å². The Morgan fingerprint density at radius 3 is 2.86 bits per heavy atom. The van der Waals surface area contributed by atoms with Crippen LogP contribution in [0.3, 0.4) is 0 Å². The molecule has 3 heterocycles. The molecule has 0 amide bonds. The normalized spacial score (nSPS) is 21.8. The van der Waals surface area contributed by atoms with Crippen LogP contribution >= 0.6 is 0 Å². The molecule has 2 aliphatic carbocycles. The zero-order chi connectivity index (χ0) is 25.8. The average Bonchev–Trinajstić information content (AvgIpc) is 3.21. The molecule has 9 heteroatoms. The van der Waals surface area contributed by atoms with Crippen LogP contribution in [0.2, 0.25) is 0 Å². The van der Waals surface area contributed by atoms with Crippen molar-refractivity contribution in [3.8, 4) is 34.8 Å². The number of aliphatic carboxylic acids is 1. The zero-order valence-electron chi connectivity index (χ0n) is 21.0. The third kappa shape index (κ3) is 4.05. The Morgan fingerprint density at radius 1 is 1.30 bits per heavy atom. The number of rotatable bonds is 7. The Morgan fingerprint density at radius 2 is 2.14 bits per heavy atom. The molecule has 2 fully saturated rings. The van der Waals surface area contributed by atoms with E-state index in [1.807, 2.05) is 26.0 Å². The van der Waals surface area contributed by atoms with Crippen molar-refractivity contribution < 1.29 is 19.2 Å². The standard InChI is InChI=1S/C28H29N5O4/c1-17(2)36-24-18(13-29)12-19(14-30-24)25-31-23(32-37-25)21-4-3-5-22-20(21)6-7-27(22)10-11-33(15-27)16-28(8-9-28)26(34)35/h3-5,12,14,17H,6-11,15-16H2,1-2H3,(H,34,35). The highest BCUT2D eigenvalue weighted by Gasteiger charge is 2.53. The van der Waals surface area contributed by atoms with Crippen molar-refractivity contribution in [2.24, 2.45) is 5.41 Å². The smallest absolute Gasteiger partial charge is 0.310 e. The van der Waals surface area contributed by atoms with Gasteiger partial charge in [-0.25, -0.2) is 4.98 Å². The summed E-state index contributed by atoms with van der Waals surface area (Å²) in [7, 11) is 0. The van der Waals surface area contributed by atoms with Gasteiger partial charge in [0.1, 0.15) is 11.6 Å². The Labute approximate surface area is 215 Å². The molecule has 1 aromatic carbocycles. The number of nitrogens with zero attached hydrogens (tertiary/aromatic N) is 5. The van der Waals surface area contributed by atoms with Crippen LogP contribution in [0.15, 0.2) is 35.0 Å². The maximum absolute atomic E-state index is 11.7. The summed E-state index contributed by atoms with van der Waals surface area (Å²) in [5, 5.41) is 23.4. The third-order valence-corrected chi connectivity index (χ3v) is 8.10. The molecule has 1 saturated heterocycles. The summed E-state index contributed by atoms with van der Waals surface area (Å²) in [5.74, 6) is 0.446. The first-order valence-corrected chi connectivity index (χ1v) is 12.8. The van der Waals surface area contributed by atoms with Gasteiger partial charge in [-0.1, -0.05) is 23.4 Å². The lowest BCUT2D eigenvalue weighted by Gasteiger charge is -2.27. The van der Waals surface area contributed by atoms with E-state index in [9.17, 15) is 15.2 Å². The summed E-state index contributed by atoms with van der Waals surface area (Å²) >= 11 is 0. The van der Waals surface area contributed by atoms with E-state index in [4.69, 9.17) is 9.26 Å². The SMILES string of the molecule is CC(C)Oc1ncc(-c2nc(-c3cccc4c3CCC43CCN(CC4(C(=O)O)CC4)C3)no2)cc1C#N. The van der Waals surface area contributed by atoms with Crippen molar-refractivity contribution >= 4 is 5.97 Å². The fraction of sp³-hybridized carbons (Fsp3) is 0.464. The number of pyridine rings is 1. The maximum Gasteiger partial charge on any atom is 0.310 e. The first-order chi connectivity index (χ1) is 17.8. The fourth-order valence-corrected chi connectivity index (χ4v) is 6.01. The third-order valence-electron chi connectivity index (χ3n) is 8.10. The second-order valence-electron chi connectivity index (χ2n) is 10.9. The van der Waals surface area contributed by atoms with E-state index in [0.29, 0.717) is 29.4 Å². The molecule has 9 nitrogen and oxygen atoms in total. The number of nitriles is 1. The first-order valence-electron chi connectivity index (χ1n) is 12.8. The van der Waals surface area contributed by atoms with Gasteiger partial charge in [0.25, 0.3) is 5.89 Å². The molecule has 0 bridgehead atoms.